The number of ether oxygens (including phenoxy) is 2. The van der Waals surface area contributed by atoms with E-state index in [0.717, 1.165) is 18.2 Å². The molecule has 2 heterocycles. The topological polar surface area (TPSA) is 242 Å². The zero-order chi connectivity index (χ0) is 29.3. The summed E-state index contributed by atoms with van der Waals surface area (Å²) in [5.41, 5.74) is -3.67. The Bertz CT molecular complexity index is 1840. The van der Waals surface area contributed by atoms with Crippen LogP contribution in [0.2, 0.25) is 0 Å². The molecule has 2 aromatic heterocycles. The predicted octanol–water partition coefficient (Wildman–Crippen LogP) is 3.39. The molecule has 0 aliphatic rings. The van der Waals surface area contributed by atoms with Gasteiger partial charge in [-0.25, -0.2) is 0 Å². The number of nitro groups is 2. The molecule has 0 saturated heterocycles. The maximum absolute atomic E-state index is 12.9. The lowest BCUT2D eigenvalue weighted by Crippen LogP contribution is -2.25. The van der Waals surface area contributed by atoms with Crippen molar-refractivity contribution in [2.75, 3.05) is 7.11 Å². The van der Waals surface area contributed by atoms with Crippen molar-refractivity contribution in [1.82, 2.24) is 19.9 Å². The van der Waals surface area contributed by atoms with Gasteiger partial charge in [-0.3, -0.25) is 39.8 Å². The normalized spacial score (nSPS) is 10.8. The van der Waals surface area contributed by atoms with Gasteiger partial charge in [-0.05, 0) is 48.2 Å². The summed E-state index contributed by atoms with van der Waals surface area (Å²) in [7, 11) is 1.24. The molecule has 0 aliphatic heterocycles. The fourth-order valence-electron chi connectivity index (χ4n) is 3.90. The quantitative estimate of drug-likeness (QED) is 0.0985. The van der Waals surface area contributed by atoms with Gasteiger partial charge in [0.2, 0.25) is 5.75 Å². The van der Waals surface area contributed by atoms with Gasteiger partial charge in [0, 0.05) is 6.07 Å². The van der Waals surface area contributed by atoms with Crippen LogP contribution < -0.4 is 20.6 Å². The van der Waals surface area contributed by atoms with Crippen LogP contribution in [0.3, 0.4) is 0 Å². The number of nitrogens with zero attached hydrogens (tertiary/aromatic N) is 2. The van der Waals surface area contributed by atoms with Crippen LogP contribution in [-0.2, 0) is 0 Å². The Balaban J connectivity index is 1.91. The monoisotopic (exact) mass is 588 g/mol. The Morgan fingerprint density at radius 3 is 1.82 bits per heavy atom. The number of hydrogen-bond donors (Lipinski definition) is 6. The molecule has 0 aliphatic carbocycles. The van der Waals surface area contributed by atoms with Gasteiger partial charge in [0.15, 0.2) is 32.8 Å². The van der Waals surface area contributed by atoms with Crippen molar-refractivity contribution in [2.24, 2.45) is 0 Å². The third kappa shape index (κ3) is 5.28. The molecule has 0 atom stereocenters. The molecule has 0 fully saturated rings. The van der Waals surface area contributed by atoms with E-state index in [9.17, 15) is 40.0 Å². The number of hydrogen-bond acceptors (Lipinski definition) is 12. The number of nitro benzene ring substituents is 2. The van der Waals surface area contributed by atoms with Crippen LogP contribution in [-0.4, -0.2) is 47.1 Å². The average Bonchev–Trinajstić information content (AvgIpc) is 2.87. The van der Waals surface area contributed by atoms with E-state index in [1.54, 1.807) is 0 Å². The highest BCUT2D eigenvalue weighted by atomic mass is 32.1. The Labute approximate surface area is 230 Å². The van der Waals surface area contributed by atoms with Gasteiger partial charge in [-0.15, -0.1) is 0 Å². The summed E-state index contributed by atoms with van der Waals surface area (Å²) >= 11 is 9.75. The molecule has 18 heteroatoms. The fourth-order valence-corrected chi connectivity index (χ4v) is 4.28. The van der Waals surface area contributed by atoms with E-state index in [-0.39, 0.29) is 32.4 Å². The molecule has 0 radical (unpaired) electrons. The zero-order valence-corrected chi connectivity index (χ0v) is 21.5. The van der Waals surface area contributed by atoms with Crippen molar-refractivity contribution < 1.29 is 29.5 Å². The third-order valence-corrected chi connectivity index (χ3v) is 5.99. The molecule has 0 saturated carbocycles. The van der Waals surface area contributed by atoms with E-state index in [0.29, 0.717) is 0 Å². The summed E-state index contributed by atoms with van der Waals surface area (Å²) in [5, 5.41) is 43.7. The average molecular weight is 589 g/mol. The van der Waals surface area contributed by atoms with E-state index in [4.69, 9.17) is 33.9 Å². The molecule has 0 unspecified atom stereocenters. The number of nitrogens with one attached hydrogen (secondary N) is 4. The summed E-state index contributed by atoms with van der Waals surface area (Å²) < 4.78 is 10.6. The maximum Gasteiger partial charge on any atom is 0.318 e. The summed E-state index contributed by atoms with van der Waals surface area (Å²) in [6.07, 6.45) is 0. The van der Waals surface area contributed by atoms with Crippen LogP contribution in [0.15, 0.2) is 46.0 Å². The van der Waals surface area contributed by atoms with Crippen LogP contribution in [0.25, 0.3) is 0 Å². The number of methoxy groups -OCH3 is 1. The van der Waals surface area contributed by atoms with Crippen LogP contribution in [0, 0.1) is 29.8 Å². The molecular weight excluding hydrogens is 572 g/mol. The number of aromatic nitrogens is 4. The van der Waals surface area contributed by atoms with E-state index in [1.165, 1.54) is 25.3 Å². The number of benzene rings is 2. The fraction of sp³-hybridized carbons (Fsp3) is 0.0909. The van der Waals surface area contributed by atoms with Crippen LogP contribution in [0.1, 0.15) is 22.6 Å². The minimum absolute atomic E-state index is 0.0604. The van der Waals surface area contributed by atoms with E-state index < -0.39 is 61.1 Å². The van der Waals surface area contributed by atoms with Crippen LogP contribution >= 0.6 is 24.4 Å². The van der Waals surface area contributed by atoms with Crippen LogP contribution in [0.4, 0.5) is 11.4 Å². The van der Waals surface area contributed by atoms with Crippen molar-refractivity contribution in [3.05, 3.63) is 104 Å². The summed E-state index contributed by atoms with van der Waals surface area (Å²) in [5.74, 6) is -3.31. The summed E-state index contributed by atoms with van der Waals surface area (Å²) in [4.78, 5) is 56.0. The predicted molar refractivity (Wildman–Crippen MR) is 142 cm³/mol. The van der Waals surface area contributed by atoms with Gasteiger partial charge in [-0.1, -0.05) is 6.07 Å². The second kappa shape index (κ2) is 10.8. The van der Waals surface area contributed by atoms with Crippen molar-refractivity contribution in [3.63, 3.8) is 0 Å². The Hall–Kier alpha value is -5.36. The van der Waals surface area contributed by atoms with Crippen LogP contribution in [0.5, 0.6) is 29.0 Å². The van der Waals surface area contributed by atoms with Gasteiger partial charge in [0.1, 0.15) is 0 Å². The van der Waals surface area contributed by atoms with Crippen molar-refractivity contribution in [3.8, 4) is 29.0 Å². The lowest BCUT2D eigenvalue weighted by atomic mass is 9.86. The first-order valence-electron chi connectivity index (χ1n) is 10.8. The molecule has 4 rings (SSSR count). The molecule has 0 spiro atoms. The molecule has 40 heavy (non-hydrogen) atoms. The SMILES string of the molecule is COc1cc(C(c2c(O)[nH]c(=S)[nH]c2=O)c2c(O)[nH]c(=S)[nH]c2=O)ccc1Oc1ccc([N+](=O)[O-])cc1[N+](=O)[O-]. The first-order chi connectivity index (χ1) is 18.9. The smallest absolute Gasteiger partial charge is 0.318 e. The Morgan fingerprint density at radius 1 is 0.800 bits per heavy atom. The number of H-pyrrole nitrogens is 4. The minimum atomic E-state index is -1.44. The van der Waals surface area contributed by atoms with Gasteiger partial charge in [-0.2, -0.15) is 0 Å². The molecule has 6 N–H and O–H groups in total. The Morgan fingerprint density at radius 2 is 1.35 bits per heavy atom. The van der Waals surface area contributed by atoms with Gasteiger partial charge >= 0.3 is 5.69 Å². The molecule has 16 nitrogen and oxygen atoms in total. The molecule has 206 valence electrons. The van der Waals surface area contributed by atoms with Crippen molar-refractivity contribution >= 4 is 35.8 Å². The van der Waals surface area contributed by atoms with Crippen molar-refractivity contribution in [1.29, 1.82) is 0 Å². The number of aromatic amines is 4. The van der Waals surface area contributed by atoms with Crippen molar-refractivity contribution in [2.45, 2.75) is 5.92 Å². The first-order valence-corrected chi connectivity index (χ1v) is 11.6. The second-order valence-corrected chi connectivity index (χ2v) is 8.77. The summed E-state index contributed by atoms with van der Waals surface area (Å²) in [6.45, 7) is 0. The van der Waals surface area contributed by atoms with E-state index >= 15 is 0 Å². The largest absolute Gasteiger partial charge is 0.494 e. The molecule has 0 amide bonds. The van der Waals surface area contributed by atoms with Gasteiger partial charge < -0.3 is 29.7 Å². The third-order valence-electron chi connectivity index (χ3n) is 5.59. The number of rotatable bonds is 8. The molecule has 0 bridgehead atoms. The van der Waals surface area contributed by atoms with E-state index in [2.05, 4.69) is 19.9 Å². The standard InChI is InChI=1S/C22H16N6O10S2/c1-37-13-6-8(2-4-12(13)38-11-5-3-9(27(33)34)7-10(11)28(35)36)14(15-17(29)23-21(39)24-18(15)30)16-19(31)25-22(40)26-20(16)32/h2-7,14H,1H3,(H3,23,24,29,30,39)(H3,25,26,31,32,40). The highest BCUT2D eigenvalue weighted by molar-refractivity contribution is 7.71. The lowest BCUT2D eigenvalue weighted by Gasteiger charge is -2.20. The van der Waals surface area contributed by atoms with Gasteiger partial charge in [0.05, 0.1) is 40.1 Å². The first kappa shape index (κ1) is 27.7. The molecule has 4 aromatic rings. The van der Waals surface area contributed by atoms with E-state index in [1.807, 2.05) is 0 Å². The van der Waals surface area contributed by atoms with Gasteiger partial charge in [0.25, 0.3) is 16.8 Å². The highest BCUT2D eigenvalue weighted by Gasteiger charge is 2.31. The minimum Gasteiger partial charge on any atom is -0.494 e. The molecular formula is C22H16N6O10S2. The zero-order valence-electron chi connectivity index (χ0n) is 19.9. The number of aromatic hydroxyl groups is 2. The maximum atomic E-state index is 12.9. The lowest BCUT2D eigenvalue weighted by molar-refractivity contribution is -0.394. The molecule has 2 aromatic carbocycles. The Kier molecular flexibility index (Phi) is 7.46. The number of non-ortho nitro benzene ring substituents is 1. The second-order valence-electron chi connectivity index (χ2n) is 7.95. The summed E-state index contributed by atoms with van der Waals surface area (Å²) in [6, 6.07) is 6.69. The highest BCUT2D eigenvalue weighted by Crippen LogP contribution is 2.42.